The number of hydrogen-bond donors (Lipinski definition) is 2. The van der Waals surface area contributed by atoms with Crippen molar-refractivity contribution in [3.63, 3.8) is 0 Å². The molecule has 1 saturated carbocycles. The highest BCUT2D eigenvalue weighted by atomic mass is 16.5. The third-order valence-electron chi connectivity index (χ3n) is 3.40. The molecule has 0 bridgehead atoms. The van der Waals surface area contributed by atoms with Gasteiger partial charge in [-0.1, -0.05) is 0 Å². The van der Waals surface area contributed by atoms with Crippen LogP contribution in [0.1, 0.15) is 50.4 Å². The predicted molar refractivity (Wildman–Crippen MR) is 78.0 cm³/mol. The second kappa shape index (κ2) is 5.44. The minimum Gasteiger partial charge on any atom is -0.488 e. The maximum Gasteiger partial charge on any atom is 0.251 e. The number of carbonyl (C=O) groups excluding carboxylic acids is 1. The molecule has 110 valence electrons. The van der Waals surface area contributed by atoms with Crippen LogP contribution in [0.25, 0.3) is 0 Å². The minimum atomic E-state index is -0.690. The lowest BCUT2D eigenvalue weighted by Crippen LogP contribution is -2.47. The van der Waals surface area contributed by atoms with E-state index in [2.05, 4.69) is 5.32 Å². The summed E-state index contributed by atoms with van der Waals surface area (Å²) in [4.78, 5) is 12.0. The number of hydrogen-bond acceptors (Lipinski definition) is 3. The van der Waals surface area contributed by atoms with Gasteiger partial charge in [-0.2, -0.15) is 0 Å². The first kappa shape index (κ1) is 14.9. The van der Waals surface area contributed by atoms with E-state index in [1.54, 1.807) is 24.3 Å². The Balaban J connectivity index is 1.90. The summed E-state index contributed by atoms with van der Waals surface area (Å²) in [7, 11) is 0. The van der Waals surface area contributed by atoms with Gasteiger partial charge in [0.2, 0.25) is 0 Å². The molecule has 0 unspecified atom stereocenters. The van der Waals surface area contributed by atoms with Gasteiger partial charge in [-0.05, 0) is 64.3 Å². The van der Waals surface area contributed by atoms with Crippen LogP contribution in [0.2, 0.25) is 0 Å². The van der Waals surface area contributed by atoms with Gasteiger partial charge in [-0.25, -0.2) is 0 Å². The molecule has 1 aliphatic carbocycles. The van der Waals surface area contributed by atoms with Crippen LogP contribution >= 0.6 is 0 Å². The summed E-state index contributed by atoms with van der Waals surface area (Å²) in [6.07, 6.45) is 2.57. The molecule has 20 heavy (non-hydrogen) atoms. The summed E-state index contributed by atoms with van der Waals surface area (Å²) in [6, 6.07) is 7.05. The molecule has 0 radical (unpaired) electrons. The van der Waals surface area contributed by atoms with Crippen LogP contribution in [0.5, 0.6) is 5.75 Å². The highest BCUT2D eigenvalue weighted by Crippen LogP contribution is 2.30. The Kier molecular flexibility index (Phi) is 4.04. The molecular formula is C16H23NO3. The number of benzene rings is 1. The Morgan fingerprint density at radius 3 is 2.35 bits per heavy atom. The molecular weight excluding hydrogens is 254 g/mol. The van der Waals surface area contributed by atoms with Crippen molar-refractivity contribution in [3.05, 3.63) is 29.8 Å². The van der Waals surface area contributed by atoms with Gasteiger partial charge in [0.15, 0.2) is 0 Å². The first-order valence-electron chi connectivity index (χ1n) is 7.07. The molecule has 4 heteroatoms. The lowest BCUT2D eigenvalue weighted by molar-refractivity contribution is -0.0300. The summed E-state index contributed by atoms with van der Waals surface area (Å²) >= 11 is 0. The Hall–Kier alpha value is -1.55. The van der Waals surface area contributed by atoms with Gasteiger partial charge in [0.25, 0.3) is 5.91 Å². The van der Waals surface area contributed by atoms with Crippen molar-refractivity contribution in [1.82, 2.24) is 5.32 Å². The zero-order chi connectivity index (χ0) is 14.8. The second-order valence-electron chi connectivity index (χ2n) is 6.50. The molecule has 1 aromatic rings. The van der Waals surface area contributed by atoms with Crippen molar-refractivity contribution < 1.29 is 14.6 Å². The molecule has 0 saturated heterocycles. The van der Waals surface area contributed by atoms with E-state index < -0.39 is 5.60 Å². The van der Waals surface area contributed by atoms with Gasteiger partial charge in [0, 0.05) is 12.1 Å². The van der Waals surface area contributed by atoms with E-state index in [1.807, 2.05) is 20.8 Å². The van der Waals surface area contributed by atoms with Gasteiger partial charge in [-0.15, -0.1) is 0 Å². The zero-order valence-corrected chi connectivity index (χ0v) is 12.4. The van der Waals surface area contributed by atoms with E-state index in [0.29, 0.717) is 12.1 Å². The van der Waals surface area contributed by atoms with E-state index >= 15 is 0 Å². The van der Waals surface area contributed by atoms with E-state index in [1.165, 1.54) is 0 Å². The first-order valence-corrected chi connectivity index (χ1v) is 7.07. The zero-order valence-electron chi connectivity index (χ0n) is 12.4. The lowest BCUT2D eigenvalue weighted by atomic mass is 9.80. The largest absolute Gasteiger partial charge is 0.488 e. The Morgan fingerprint density at radius 1 is 1.30 bits per heavy atom. The maximum absolute atomic E-state index is 12.0. The SMILES string of the molecule is CC(C)(C)Oc1ccc(C(=O)NCC2(O)CCC2)cc1. The van der Waals surface area contributed by atoms with Crippen LogP contribution in [0, 0.1) is 0 Å². The van der Waals surface area contributed by atoms with Crippen LogP contribution in [-0.4, -0.2) is 28.8 Å². The smallest absolute Gasteiger partial charge is 0.251 e. The van der Waals surface area contributed by atoms with Gasteiger partial charge < -0.3 is 15.2 Å². The van der Waals surface area contributed by atoms with Crippen LogP contribution < -0.4 is 10.1 Å². The monoisotopic (exact) mass is 277 g/mol. The molecule has 4 nitrogen and oxygen atoms in total. The fraction of sp³-hybridized carbons (Fsp3) is 0.562. The van der Waals surface area contributed by atoms with Crippen molar-refractivity contribution in [2.24, 2.45) is 0 Å². The predicted octanol–water partition coefficient (Wildman–Crippen LogP) is 2.51. The maximum atomic E-state index is 12.0. The highest BCUT2D eigenvalue weighted by Gasteiger charge is 2.34. The fourth-order valence-electron chi connectivity index (χ4n) is 2.14. The average molecular weight is 277 g/mol. The van der Waals surface area contributed by atoms with Crippen molar-refractivity contribution in [1.29, 1.82) is 0 Å². The van der Waals surface area contributed by atoms with E-state index in [9.17, 15) is 9.90 Å². The van der Waals surface area contributed by atoms with Crippen molar-refractivity contribution >= 4 is 5.91 Å². The number of amides is 1. The summed E-state index contributed by atoms with van der Waals surface area (Å²) in [5, 5.41) is 12.7. The van der Waals surface area contributed by atoms with E-state index in [-0.39, 0.29) is 11.5 Å². The summed E-state index contributed by atoms with van der Waals surface area (Å²) in [5.41, 5.74) is -0.364. The highest BCUT2D eigenvalue weighted by molar-refractivity contribution is 5.94. The quantitative estimate of drug-likeness (QED) is 0.889. The van der Waals surface area contributed by atoms with Crippen LogP contribution in [-0.2, 0) is 0 Å². The number of carbonyl (C=O) groups is 1. The summed E-state index contributed by atoms with van der Waals surface area (Å²) in [6.45, 7) is 6.26. The average Bonchev–Trinajstić information content (AvgIpc) is 2.32. The van der Waals surface area contributed by atoms with Gasteiger partial charge in [0.05, 0.1) is 5.60 Å². The minimum absolute atomic E-state index is 0.160. The standard InChI is InChI=1S/C16H23NO3/c1-15(2,3)20-13-7-5-12(6-8-13)14(18)17-11-16(19)9-4-10-16/h5-8,19H,4,9-11H2,1-3H3,(H,17,18). The Labute approximate surface area is 120 Å². The molecule has 2 rings (SSSR count). The Morgan fingerprint density at radius 2 is 1.90 bits per heavy atom. The normalized spacial score (nSPS) is 17.2. The topological polar surface area (TPSA) is 58.6 Å². The van der Waals surface area contributed by atoms with E-state index in [0.717, 1.165) is 25.0 Å². The Bertz CT molecular complexity index is 469. The van der Waals surface area contributed by atoms with Crippen LogP contribution in [0.4, 0.5) is 0 Å². The van der Waals surface area contributed by atoms with Crippen molar-refractivity contribution in [3.8, 4) is 5.75 Å². The molecule has 0 atom stereocenters. The summed E-state index contributed by atoms with van der Waals surface area (Å²) in [5.74, 6) is 0.583. The number of ether oxygens (including phenoxy) is 1. The molecule has 0 aliphatic heterocycles. The van der Waals surface area contributed by atoms with Gasteiger partial charge in [-0.3, -0.25) is 4.79 Å². The molecule has 1 aromatic carbocycles. The number of nitrogens with one attached hydrogen (secondary N) is 1. The van der Waals surface area contributed by atoms with Crippen LogP contribution in [0.15, 0.2) is 24.3 Å². The number of aliphatic hydroxyl groups is 1. The third-order valence-corrected chi connectivity index (χ3v) is 3.40. The second-order valence-corrected chi connectivity index (χ2v) is 6.50. The molecule has 0 aromatic heterocycles. The first-order chi connectivity index (χ1) is 9.27. The molecule has 1 aliphatic rings. The van der Waals surface area contributed by atoms with Crippen molar-refractivity contribution in [2.45, 2.75) is 51.2 Å². The third kappa shape index (κ3) is 3.97. The molecule has 2 N–H and O–H groups in total. The lowest BCUT2D eigenvalue weighted by Gasteiger charge is -2.36. The fourth-order valence-corrected chi connectivity index (χ4v) is 2.14. The molecule has 1 fully saturated rings. The molecule has 1 amide bonds. The van der Waals surface area contributed by atoms with Gasteiger partial charge in [0.1, 0.15) is 11.4 Å². The summed E-state index contributed by atoms with van der Waals surface area (Å²) < 4.78 is 5.71. The number of rotatable bonds is 4. The van der Waals surface area contributed by atoms with Crippen molar-refractivity contribution in [2.75, 3.05) is 6.54 Å². The molecule has 0 heterocycles. The van der Waals surface area contributed by atoms with Gasteiger partial charge >= 0.3 is 0 Å². The van der Waals surface area contributed by atoms with Crippen LogP contribution in [0.3, 0.4) is 0 Å². The van der Waals surface area contributed by atoms with E-state index in [4.69, 9.17) is 4.74 Å². The molecule has 0 spiro atoms.